The van der Waals surface area contributed by atoms with Gasteiger partial charge >= 0.3 is 0 Å². The molecule has 0 bridgehead atoms. The highest BCUT2D eigenvalue weighted by Gasteiger charge is 2.36. The van der Waals surface area contributed by atoms with Crippen LogP contribution in [-0.2, 0) is 5.41 Å². The minimum atomic E-state index is -0.204. The first-order chi connectivity index (χ1) is 30.5. The molecule has 0 aliphatic heterocycles. The molecule has 0 fully saturated rings. The van der Waals surface area contributed by atoms with Gasteiger partial charge in [0.15, 0.2) is 0 Å². The maximum atomic E-state index is 6.67. The minimum absolute atomic E-state index is 0.204. The number of nitrogens with zero attached hydrogens (tertiary/aromatic N) is 4. The van der Waals surface area contributed by atoms with E-state index >= 15 is 0 Å². The molecule has 4 aromatic heterocycles. The molecule has 14 rings (SSSR count). The predicted molar refractivity (Wildman–Crippen MR) is 256 cm³/mol. The standard InChI is InChI=1S/C57H36N4O/c1-57(2)44-25-10-5-16-33(44)42-30-43-49(31-45(42)57)61(56-58-46-26-11-6-22-40(46)54(59-56)41-24-15-23-39-37-20-9-14-29-52(37)62-55(39)41)51-32-50(36-19-3-4-21-38(36)53(43)51)60-47-27-12-7-17-34(47)35-18-8-13-28-48(35)60/h3-32H,1-2H3. The molecule has 1 aliphatic rings. The summed E-state index contributed by atoms with van der Waals surface area (Å²) in [5.74, 6) is 0.614. The third-order valence-corrected chi connectivity index (χ3v) is 13.7. The van der Waals surface area contributed by atoms with Crippen LogP contribution in [0.4, 0.5) is 0 Å². The Hall–Kier alpha value is -8.02. The summed E-state index contributed by atoms with van der Waals surface area (Å²) in [5.41, 5.74) is 14.9. The summed E-state index contributed by atoms with van der Waals surface area (Å²) < 4.78 is 11.5. The molecule has 1 aliphatic carbocycles. The lowest BCUT2D eigenvalue weighted by molar-refractivity contribution is 0.661. The van der Waals surface area contributed by atoms with E-state index in [1.54, 1.807) is 0 Å². The van der Waals surface area contributed by atoms with E-state index in [2.05, 4.69) is 193 Å². The number of benzene rings is 9. The number of hydrogen-bond acceptors (Lipinski definition) is 3. The van der Waals surface area contributed by atoms with Crippen molar-refractivity contribution in [3.8, 4) is 34.0 Å². The van der Waals surface area contributed by atoms with Crippen LogP contribution in [0.25, 0.3) is 121 Å². The maximum Gasteiger partial charge on any atom is 0.235 e. The van der Waals surface area contributed by atoms with Gasteiger partial charge in [-0.3, -0.25) is 4.57 Å². The van der Waals surface area contributed by atoms with Gasteiger partial charge in [-0.1, -0.05) is 147 Å². The second-order valence-electron chi connectivity index (χ2n) is 17.3. The third kappa shape index (κ3) is 4.36. The van der Waals surface area contributed by atoms with Crippen molar-refractivity contribution in [2.24, 2.45) is 0 Å². The molecule has 4 heterocycles. The van der Waals surface area contributed by atoms with Crippen molar-refractivity contribution in [1.29, 1.82) is 0 Å². The van der Waals surface area contributed by atoms with Crippen LogP contribution in [0, 0.1) is 0 Å². The summed E-state index contributed by atoms with van der Waals surface area (Å²) in [6.45, 7) is 4.70. The van der Waals surface area contributed by atoms with Gasteiger partial charge in [0.25, 0.3) is 0 Å². The van der Waals surface area contributed by atoms with E-state index in [0.29, 0.717) is 5.95 Å². The lowest BCUT2D eigenvalue weighted by atomic mass is 9.82. The Balaban J connectivity index is 1.16. The predicted octanol–water partition coefficient (Wildman–Crippen LogP) is 14.8. The highest BCUT2D eigenvalue weighted by molar-refractivity contribution is 6.25. The van der Waals surface area contributed by atoms with Gasteiger partial charge < -0.3 is 8.98 Å². The fourth-order valence-corrected chi connectivity index (χ4v) is 10.9. The molecular formula is C57H36N4O. The van der Waals surface area contributed by atoms with Gasteiger partial charge in [0, 0.05) is 54.1 Å². The maximum absolute atomic E-state index is 6.67. The molecule has 0 atom stereocenters. The largest absolute Gasteiger partial charge is 0.455 e. The first-order valence-electron chi connectivity index (χ1n) is 21.3. The van der Waals surface area contributed by atoms with Gasteiger partial charge in [-0.05, 0) is 76.2 Å². The van der Waals surface area contributed by atoms with E-state index < -0.39 is 0 Å². The van der Waals surface area contributed by atoms with Crippen molar-refractivity contribution in [1.82, 2.24) is 19.1 Å². The first-order valence-corrected chi connectivity index (χ1v) is 21.3. The van der Waals surface area contributed by atoms with Crippen LogP contribution in [0.3, 0.4) is 0 Å². The average Bonchev–Trinajstić information content (AvgIpc) is 4.03. The lowest BCUT2D eigenvalue weighted by Crippen LogP contribution is -2.15. The van der Waals surface area contributed by atoms with Gasteiger partial charge in [-0.25, -0.2) is 9.97 Å². The molecule has 290 valence electrons. The Morgan fingerprint density at radius 1 is 0.419 bits per heavy atom. The Labute approximate surface area is 355 Å². The van der Waals surface area contributed by atoms with Gasteiger partial charge in [-0.15, -0.1) is 0 Å². The number of para-hydroxylation sites is 5. The van der Waals surface area contributed by atoms with Crippen LogP contribution in [0.1, 0.15) is 25.0 Å². The number of hydrogen-bond donors (Lipinski definition) is 0. The van der Waals surface area contributed by atoms with Crippen molar-refractivity contribution in [2.75, 3.05) is 0 Å². The fourth-order valence-electron chi connectivity index (χ4n) is 10.9. The zero-order valence-electron chi connectivity index (χ0n) is 34.0. The van der Waals surface area contributed by atoms with Crippen LogP contribution in [0.2, 0.25) is 0 Å². The van der Waals surface area contributed by atoms with Crippen molar-refractivity contribution in [2.45, 2.75) is 19.3 Å². The van der Waals surface area contributed by atoms with E-state index in [1.807, 2.05) is 12.1 Å². The molecule has 0 unspecified atom stereocenters. The van der Waals surface area contributed by atoms with Crippen molar-refractivity contribution >= 4 is 87.2 Å². The molecule has 0 radical (unpaired) electrons. The average molecular weight is 793 g/mol. The Bertz CT molecular complexity index is 4030. The first kappa shape index (κ1) is 33.8. The highest BCUT2D eigenvalue weighted by atomic mass is 16.3. The second-order valence-corrected chi connectivity index (χ2v) is 17.3. The molecule has 62 heavy (non-hydrogen) atoms. The summed E-state index contributed by atoms with van der Waals surface area (Å²) >= 11 is 0. The molecule has 0 saturated carbocycles. The summed E-state index contributed by atoms with van der Waals surface area (Å²) in [5, 5.41) is 10.3. The monoisotopic (exact) mass is 792 g/mol. The Kier molecular flexibility index (Phi) is 6.57. The molecule has 9 aromatic carbocycles. The van der Waals surface area contributed by atoms with E-state index in [0.717, 1.165) is 60.8 Å². The summed E-state index contributed by atoms with van der Waals surface area (Å²) in [6, 6.07) is 65.6. The molecule has 0 saturated heterocycles. The summed E-state index contributed by atoms with van der Waals surface area (Å²) in [4.78, 5) is 11.1. The molecule has 0 amide bonds. The second kappa shape index (κ2) is 12.1. The number of fused-ring (bicyclic) bond motifs is 15. The number of rotatable bonds is 3. The molecule has 0 spiro atoms. The van der Waals surface area contributed by atoms with Crippen molar-refractivity contribution in [3.63, 3.8) is 0 Å². The summed E-state index contributed by atoms with van der Waals surface area (Å²) in [7, 11) is 0. The van der Waals surface area contributed by atoms with Gasteiger partial charge in [0.1, 0.15) is 11.2 Å². The topological polar surface area (TPSA) is 48.8 Å². The summed E-state index contributed by atoms with van der Waals surface area (Å²) in [6.07, 6.45) is 0. The molecule has 5 nitrogen and oxygen atoms in total. The van der Waals surface area contributed by atoms with Crippen molar-refractivity contribution in [3.05, 3.63) is 193 Å². The van der Waals surface area contributed by atoms with Gasteiger partial charge in [-0.2, -0.15) is 0 Å². The normalized spacial score (nSPS) is 13.5. The lowest BCUT2D eigenvalue weighted by Gasteiger charge is -2.21. The van der Waals surface area contributed by atoms with Crippen LogP contribution in [0.15, 0.2) is 186 Å². The zero-order chi connectivity index (χ0) is 40.8. The minimum Gasteiger partial charge on any atom is -0.455 e. The SMILES string of the molecule is CC1(C)c2ccccc2-c2cc3c4c5ccccc5c(-n5c6ccccc6c6ccccc65)cc4n(-c4nc(-c5cccc6c5oc5ccccc56)c5ccccc5n4)c3cc21. The zero-order valence-corrected chi connectivity index (χ0v) is 34.0. The Morgan fingerprint density at radius 2 is 1.05 bits per heavy atom. The van der Waals surface area contributed by atoms with Crippen LogP contribution >= 0.6 is 0 Å². The number of furan rings is 1. The van der Waals surface area contributed by atoms with Crippen LogP contribution in [-0.4, -0.2) is 19.1 Å². The van der Waals surface area contributed by atoms with Crippen LogP contribution in [0.5, 0.6) is 0 Å². The van der Waals surface area contributed by atoms with Gasteiger partial charge in [0.05, 0.1) is 39.0 Å². The van der Waals surface area contributed by atoms with Crippen molar-refractivity contribution < 1.29 is 4.42 Å². The molecule has 13 aromatic rings. The number of aromatic nitrogens is 4. The van der Waals surface area contributed by atoms with E-state index in [9.17, 15) is 0 Å². The molecule has 0 N–H and O–H groups in total. The van der Waals surface area contributed by atoms with E-state index in [4.69, 9.17) is 14.4 Å². The van der Waals surface area contributed by atoms with Gasteiger partial charge in [0.2, 0.25) is 5.95 Å². The smallest absolute Gasteiger partial charge is 0.235 e. The van der Waals surface area contributed by atoms with Crippen LogP contribution < -0.4 is 0 Å². The highest BCUT2D eigenvalue weighted by Crippen LogP contribution is 2.52. The fraction of sp³-hybridized carbons (Fsp3) is 0.0526. The van der Waals surface area contributed by atoms with E-state index in [1.165, 1.54) is 65.6 Å². The Morgan fingerprint density at radius 3 is 1.85 bits per heavy atom. The third-order valence-electron chi connectivity index (χ3n) is 13.7. The molecule has 5 heteroatoms. The molecular weight excluding hydrogens is 757 g/mol. The quantitative estimate of drug-likeness (QED) is 0.179. The van der Waals surface area contributed by atoms with E-state index in [-0.39, 0.29) is 5.41 Å².